The van der Waals surface area contributed by atoms with E-state index in [1.165, 1.54) is 17.9 Å². The van der Waals surface area contributed by atoms with Crippen LogP contribution >= 0.6 is 0 Å². The van der Waals surface area contributed by atoms with Gasteiger partial charge in [-0.1, -0.05) is 29.8 Å². The fourth-order valence-electron chi connectivity index (χ4n) is 3.53. The maximum absolute atomic E-state index is 14.7. The van der Waals surface area contributed by atoms with Gasteiger partial charge in [0, 0.05) is 24.4 Å². The van der Waals surface area contributed by atoms with Gasteiger partial charge < -0.3 is 9.30 Å². The molecule has 0 bridgehead atoms. The fraction of sp³-hybridized carbons (Fsp3) is 0.120. The van der Waals surface area contributed by atoms with Crippen LogP contribution < -0.4 is 10.2 Å². The first-order chi connectivity index (χ1) is 14.9. The average Bonchev–Trinajstić information content (AvgIpc) is 2.76. The molecule has 0 aliphatic rings. The summed E-state index contributed by atoms with van der Waals surface area (Å²) in [5, 5.41) is -0.177. The number of fused-ring (bicyclic) bond motifs is 1. The van der Waals surface area contributed by atoms with Gasteiger partial charge in [-0.3, -0.25) is 9.59 Å². The Balaban J connectivity index is 1.91. The van der Waals surface area contributed by atoms with E-state index >= 15 is 0 Å². The first-order valence-electron chi connectivity index (χ1n) is 9.64. The molecule has 0 aliphatic carbocycles. The summed E-state index contributed by atoms with van der Waals surface area (Å²) in [6.45, 7) is 2.16. The van der Waals surface area contributed by atoms with Gasteiger partial charge in [0.15, 0.2) is 11.6 Å². The molecule has 3 aromatic carbocycles. The van der Waals surface area contributed by atoms with Gasteiger partial charge in [-0.15, -0.1) is 0 Å². The Kier molecular flexibility index (Phi) is 5.38. The van der Waals surface area contributed by atoms with E-state index in [0.717, 1.165) is 23.3 Å². The second-order valence-corrected chi connectivity index (χ2v) is 7.33. The van der Waals surface area contributed by atoms with Gasteiger partial charge in [0.05, 0.1) is 23.6 Å². The molecule has 1 heterocycles. The summed E-state index contributed by atoms with van der Waals surface area (Å²) in [6, 6.07) is 15.6. The molecule has 4 rings (SSSR count). The summed E-state index contributed by atoms with van der Waals surface area (Å²) in [4.78, 5) is 26.1. The lowest BCUT2D eigenvalue weighted by molar-refractivity contribution is 0.103. The molecule has 0 fully saturated rings. The van der Waals surface area contributed by atoms with Crippen molar-refractivity contribution in [3.05, 3.63) is 111 Å². The fourth-order valence-corrected chi connectivity index (χ4v) is 3.53. The van der Waals surface area contributed by atoms with Gasteiger partial charge >= 0.3 is 0 Å². The van der Waals surface area contributed by atoms with Crippen molar-refractivity contribution in [2.45, 2.75) is 13.5 Å². The van der Waals surface area contributed by atoms with Gasteiger partial charge in [-0.25, -0.2) is 8.78 Å². The zero-order valence-electron chi connectivity index (χ0n) is 17.0. The Hall–Kier alpha value is -3.80. The SMILES string of the molecule is COc1ccc(C(=O)c2cn(Cc3ccc(C)cc3)c3c(F)cc(F)cc3c2=O)cc1. The number of nitrogens with zero attached hydrogens (tertiary/aromatic N) is 1. The number of ketones is 1. The van der Waals surface area contributed by atoms with Gasteiger partial charge in [0.2, 0.25) is 5.43 Å². The van der Waals surface area contributed by atoms with Crippen LogP contribution in [-0.4, -0.2) is 17.5 Å². The first kappa shape index (κ1) is 20.5. The van der Waals surface area contributed by atoms with Crippen LogP contribution in [0.4, 0.5) is 8.78 Å². The highest BCUT2D eigenvalue weighted by molar-refractivity contribution is 6.10. The van der Waals surface area contributed by atoms with Crippen molar-refractivity contribution >= 4 is 16.7 Å². The number of halogens is 2. The minimum absolute atomic E-state index is 0.0433. The van der Waals surface area contributed by atoms with Crippen molar-refractivity contribution in [3.8, 4) is 5.75 Å². The third-order valence-corrected chi connectivity index (χ3v) is 5.16. The number of carbonyl (C=O) groups excluding carboxylic acids is 1. The summed E-state index contributed by atoms with van der Waals surface area (Å²) in [7, 11) is 1.51. The number of aromatic nitrogens is 1. The second-order valence-electron chi connectivity index (χ2n) is 7.33. The van der Waals surface area contributed by atoms with Crippen LogP contribution in [0.15, 0.2) is 71.7 Å². The lowest BCUT2D eigenvalue weighted by atomic mass is 10.0. The molecule has 4 aromatic rings. The van der Waals surface area contributed by atoms with Gasteiger partial charge in [-0.05, 0) is 42.8 Å². The van der Waals surface area contributed by atoms with Crippen molar-refractivity contribution in [3.63, 3.8) is 0 Å². The van der Waals surface area contributed by atoms with Crippen LogP contribution in [0.1, 0.15) is 27.0 Å². The van der Waals surface area contributed by atoms with E-state index in [9.17, 15) is 18.4 Å². The largest absolute Gasteiger partial charge is 0.497 e. The lowest BCUT2D eigenvalue weighted by Gasteiger charge is -2.14. The summed E-state index contributed by atoms with van der Waals surface area (Å²) in [5.74, 6) is -1.70. The van der Waals surface area contributed by atoms with Crippen molar-refractivity contribution in [1.29, 1.82) is 0 Å². The Labute approximate surface area is 177 Å². The zero-order chi connectivity index (χ0) is 22.1. The molecule has 0 N–H and O–H groups in total. The Morgan fingerprint density at radius 3 is 2.32 bits per heavy atom. The molecule has 0 unspecified atom stereocenters. The Morgan fingerprint density at radius 1 is 1.00 bits per heavy atom. The Bertz CT molecular complexity index is 1340. The van der Waals surface area contributed by atoms with Gasteiger partial charge in [0.25, 0.3) is 0 Å². The highest BCUT2D eigenvalue weighted by Gasteiger charge is 2.20. The maximum Gasteiger partial charge on any atom is 0.200 e. The lowest BCUT2D eigenvalue weighted by Crippen LogP contribution is -2.21. The number of hydrogen-bond acceptors (Lipinski definition) is 3. The monoisotopic (exact) mass is 419 g/mol. The number of carbonyl (C=O) groups is 1. The second kappa shape index (κ2) is 8.14. The average molecular weight is 419 g/mol. The van der Waals surface area contributed by atoms with Crippen LogP contribution in [0, 0.1) is 18.6 Å². The minimum atomic E-state index is -0.877. The smallest absolute Gasteiger partial charge is 0.200 e. The summed E-state index contributed by atoms with van der Waals surface area (Å²) in [6.07, 6.45) is 1.35. The van der Waals surface area contributed by atoms with E-state index in [0.29, 0.717) is 5.75 Å². The predicted molar refractivity (Wildman–Crippen MR) is 115 cm³/mol. The number of ether oxygens (including phenoxy) is 1. The maximum atomic E-state index is 14.7. The number of pyridine rings is 1. The molecule has 4 nitrogen and oxygen atoms in total. The standard InChI is InChI=1S/C25H19F2NO3/c1-15-3-5-16(6-4-15)13-28-14-21(24(29)17-7-9-19(31-2)10-8-17)25(30)20-11-18(26)12-22(27)23(20)28/h3-12,14H,13H2,1-2H3. The summed E-state index contributed by atoms with van der Waals surface area (Å²) in [5.41, 5.74) is 1.28. The van der Waals surface area contributed by atoms with E-state index in [-0.39, 0.29) is 28.6 Å². The molecular formula is C25H19F2NO3. The van der Waals surface area contributed by atoms with Crippen molar-refractivity contribution < 1.29 is 18.3 Å². The minimum Gasteiger partial charge on any atom is -0.497 e. The molecule has 6 heteroatoms. The normalized spacial score (nSPS) is 11.0. The molecule has 0 saturated carbocycles. The van der Waals surface area contributed by atoms with Crippen LogP contribution in [0.2, 0.25) is 0 Å². The number of methoxy groups -OCH3 is 1. The molecular weight excluding hydrogens is 400 g/mol. The zero-order valence-corrected chi connectivity index (χ0v) is 17.0. The van der Waals surface area contributed by atoms with Crippen LogP contribution in [0.5, 0.6) is 5.75 Å². The quantitative estimate of drug-likeness (QED) is 0.434. The third-order valence-electron chi connectivity index (χ3n) is 5.16. The highest BCUT2D eigenvalue weighted by Crippen LogP contribution is 2.21. The number of aryl methyl sites for hydroxylation is 1. The van der Waals surface area contributed by atoms with Crippen LogP contribution in [0.25, 0.3) is 10.9 Å². The molecule has 0 atom stereocenters. The van der Waals surface area contributed by atoms with E-state index < -0.39 is 22.8 Å². The molecule has 0 saturated heterocycles. The van der Waals surface area contributed by atoms with Crippen molar-refractivity contribution in [1.82, 2.24) is 4.57 Å². The predicted octanol–water partition coefficient (Wildman–Crippen LogP) is 4.88. The third kappa shape index (κ3) is 3.97. The number of rotatable bonds is 5. The molecule has 31 heavy (non-hydrogen) atoms. The van der Waals surface area contributed by atoms with E-state index in [2.05, 4.69) is 0 Å². The van der Waals surface area contributed by atoms with E-state index in [1.807, 2.05) is 31.2 Å². The molecule has 0 amide bonds. The Morgan fingerprint density at radius 2 is 1.68 bits per heavy atom. The van der Waals surface area contributed by atoms with Gasteiger partial charge in [-0.2, -0.15) is 0 Å². The van der Waals surface area contributed by atoms with Gasteiger partial charge in [0.1, 0.15) is 11.6 Å². The summed E-state index contributed by atoms with van der Waals surface area (Å²) >= 11 is 0. The van der Waals surface area contributed by atoms with Crippen LogP contribution in [-0.2, 0) is 6.54 Å². The number of benzene rings is 3. The molecule has 1 aromatic heterocycles. The van der Waals surface area contributed by atoms with E-state index in [1.54, 1.807) is 24.3 Å². The van der Waals surface area contributed by atoms with Crippen LogP contribution in [0.3, 0.4) is 0 Å². The van der Waals surface area contributed by atoms with Crippen molar-refractivity contribution in [2.24, 2.45) is 0 Å². The first-order valence-corrected chi connectivity index (χ1v) is 9.64. The molecule has 0 radical (unpaired) electrons. The highest BCUT2D eigenvalue weighted by atomic mass is 19.1. The molecule has 0 aliphatic heterocycles. The van der Waals surface area contributed by atoms with Crippen molar-refractivity contribution in [2.75, 3.05) is 7.11 Å². The topological polar surface area (TPSA) is 48.3 Å². The molecule has 0 spiro atoms. The number of hydrogen-bond donors (Lipinski definition) is 0. The van der Waals surface area contributed by atoms with E-state index in [4.69, 9.17) is 4.74 Å². The molecule has 156 valence electrons. The summed E-state index contributed by atoms with van der Waals surface area (Å²) < 4.78 is 35.2.